The number of hydrogen-bond acceptors (Lipinski definition) is 3. The molecule has 1 N–H and O–H groups in total. The Morgan fingerprint density at radius 1 is 1.47 bits per heavy atom. The molecule has 0 fully saturated rings. The molecule has 1 unspecified atom stereocenters. The van der Waals surface area contributed by atoms with Crippen LogP contribution in [0.1, 0.15) is 24.2 Å². The fourth-order valence-electron chi connectivity index (χ4n) is 2.48. The van der Waals surface area contributed by atoms with Crippen LogP contribution in [-0.2, 0) is 11.2 Å². The first-order valence-electron chi connectivity index (χ1n) is 5.96. The van der Waals surface area contributed by atoms with Crippen LogP contribution in [0.25, 0.3) is 0 Å². The molecule has 1 aromatic rings. The normalized spacial score (nSPS) is 27.3. The van der Waals surface area contributed by atoms with Crippen molar-refractivity contribution in [2.24, 2.45) is 4.99 Å². The Morgan fingerprint density at radius 2 is 2.35 bits per heavy atom. The molecule has 0 radical (unpaired) electrons. The van der Waals surface area contributed by atoms with Crippen LogP contribution in [0.4, 0.5) is 0 Å². The number of rotatable bonds is 1. The summed E-state index contributed by atoms with van der Waals surface area (Å²) in [5.41, 5.74) is 2.60. The molecule has 2 aliphatic heterocycles. The van der Waals surface area contributed by atoms with E-state index in [0.29, 0.717) is 0 Å². The van der Waals surface area contributed by atoms with E-state index in [1.54, 1.807) is 0 Å². The molecule has 90 valence electrons. The average molecular weight is 295 g/mol. The lowest BCUT2D eigenvalue weighted by Crippen LogP contribution is -2.34. The van der Waals surface area contributed by atoms with Gasteiger partial charge < -0.3 is 10.1 Å². The maximum absolute atomic E-state index is 6.04. The van der Waals surface area contributed by atoms with Gasteiger partial charge >= 0.3 is 0 Å². The lowest BCUT2D eigenvalue weighted by atomic mass is 9.94. The molecular weight excluding hydrogens is 280 g/mol. The van der Waals surface area contributed by atoms with Crippen LogP contribution in [0.3, 0.4) is 0 Å². The smallest absolute Gasteiger partial charge is 0.140 e. The van der Waals surface area contributed by atoms with E-state index in [0.717, 1.165) is 25.3 Å². The van der Waals surface area contributed by atoms with E-state index in [1.165, 1.54) is 15.6 Å². The first kappa shape index (κ1) is 11.2. The van der Waals surface area contributed by atoms with Crippen molar-refractivity contribution in [1.29, 1.82) is 0 Å². The maximum atomic E-state index is 6.04. The third-order valence-corrected chi connectivity index (χ3v) is 3.99. The fraction of sp³-hybridized carbons (Fsp3) is 0.462. The zero-order valence-electron chi connectivity index (χ0n) is 9.74. The van der Waals surface area contributed by atoms with Gasteiger partial charge in [0.15, 0.2) is 0 Å². The van der Waals surface area contributed by atoms with E-state index >= 15 is 0 Å². The molecule has 1 aromatic carbocycles. The monoisotopic (exact) mass is 294 g/mol. The van der Waals surface area contributed by atoms with E-state index in [1.807, 2.05) is 0 Å². The fourth-order valence-corrected chi connectivity index (χ4v) is 3.02. The van der Waals surface area contributed by atoms with Gasteiger partial charge in [-0.2, -0.15) is 0 Å². The van der Waals surface area contributed by atoms with Crippen LogP contribution in [0, 0.1) is 0 Å². The van der Waals surface area contributed by atoms with Crippen LogP contribution in [0.2, 0.25) is 0 Å². The Morgan fingerprint density at radius 3 is 3.12 bits per heavy atom. The van der Waals surface area contributed by atoms with Crippen molar-refractivity contribution < 1.29 is 4.74 Å². The predicted molar refractivity (Wildman–Crippen MR) is 71.4 cm³/mol. The lowest BCUT2D eigenvalue weighted by Gasteiger charge is -2.31. The maximum Gasteiger partial charge on any atom is 0.140 e. The molecule has 2 aliphatic rings. The molecule has 0 bridgehead atoms. The molecule has 0 amide bonds. The van der Waals surface area contributed by atoms with Crippen molar-refractivity contribution in [1.82, 2.24) is 5.32 Å². The second-order valence-electron chi connectivity index (χ2n) is 4.53. The Hall–Kier alpha value is -0.870. The third-order valence-electron chi connectivity index (χ3n) is 3.25. The van der Waals surface area contributed by atoms with E-state index < -0.39 is 0 Å². The van der Waals surface area contributed by atoms with Gasteiger partial charge in [0.25, 0.3) is 0 Å². The Kier molecular flexibility index (Phi) is 2.92. The third kappa shape index (κ3) is 2.00. The molecule has 2 atom stereocenters. The van der Waals surface area contributed by atoms with E-state index in [4.69, 9.17) is 4.74 Å². The number of nitrogens with one attached hydrogen (secondary N) is 1. The Bertz CT molecular complexity index is 472. The molecule has 17 heavy (non-hydrogen) atoms. The highest BCUT2D eigenvalue weighted by Crippen LogP contribution is 2.35. The van der Waals surface area contributed by atoms with Gasteiger partial charge in [0, 0.05) is 11.0 Å². The van der Waals surface area contributed by atoms with Gasteiger partial charge in [-0.05, 0) is 30.5 Å². The molecule has 3 rings (SSSR count). The summed E-state index contributed by atoms with van der Waals surface area (Å²) in [6.45, 7) is 3.89. The van der Waals surface area contributed by atoms with E-state index in [-0.39, 0.29) is 12.2 Å². The topological polar surface area (TPSA) is 33.6 Å². The summed E-state index contributed by atoms with van der Waals surface area (Å²) in [5, 5.41) is 3.32. The molecular formula is C13H15BrN2O. The summed E-state index contributed by atoms with van der Waals surface area (Å²) in [5.74, 6) is 0.982. The molecule has 0 aliphatic carbocycles. The van der Waals surface area contributed by atoms with E-state index in [2.05, 4.69) is 51.4 Å². The zero-order chi connectivity index (χ0) is 11.8. The number of aliphatic imine (C=N–C) groups is 1. The quantitative estimate of drug-likeness (QED) is 0.863. The summed E-state index contributed by atoms with van der Waals surface area (Å²) in [7, 11) is 0. The molecule has 0 saturated carbocycles. The summed E-state index contributed by atoms with van der Waals surface area (Å²) >= 11 is 3.63. The summed E-state index contributed by atoms with van der Waals surface area (Å²) in [6.07, 6.45) is 1.17. The Balaban J connectivity index is 2.04. The molecule has 4 heteroatoms. The highest BCUT2D eigenvalue weighted by molar-refractivity contribution is 9.10. The Labute approximate surface area is 109 Å². The van der Waals surface area contributed by atoms with Crippen LogP contribution in [0.15, 0.2) is 27.7 Å². The highest BCUT2D eigenvalue weighted by atomic mass is 79.9. The first-order valence-corrected chi connectivity index (χ1v) is 6.76. The molecule has 0 saturated heterocycles. The largest absolute Gasteiger partial charge is 0.369 e. The van der Waals surface area contributed by atoms with Crippen molar-refractivity contribution in [2.45, 2.75) is 25.6 Å². The second-order valence-corrected chi connectivity index (χ2v) is 5.39. The van der Waals surface area contributed by atoms with Crippen molar-refractivity contribution in [3.8, 4) is 0 Å². The molecule has 2 heterocycles. The van der Waals surface area contributed by atoms with E-state index in [9.17, 15) is 0 Å². The molecule has 0 aromatic heterocycles. The number of ether oxygens (including phenoxy) is 1. The standard InChI is InChI=1S/C13H15BrN2O/c1-8-7-10-9(3-2-4-11(10)14)12(17-8)13-15-5-6-16-13/h2-4,8,12H,5-7H2,1H3,(H,15,16)/t8-,12?/m0/s1. The van der Waals surface area contributed by atoms with Crippen molar-refractivity contribution in [3.63, 3.8) is 0 Å². The van der Waals surface area contributed by atoms with Gasteiger partial charge in [0.1, 0.15) is 11.9 Å². The predicted octanol–water partition coefficient (Wildman–Crippen LogP) is 2.45. The minimum atomic E-state index is -0.0197. The van der Waals surface area contributed by atoms with Crippen molar-refractivity contribution >= 4 is 21.8 Å². The number of amidine groups is 1. The van der Waals surface area contributed by atoms with Crippen LogP contribution in [0.5, 0.6) is 0 Å². The SMILES string of the molecule is C[C@H]1Cc2c(Br)cccc2C(C2=NCCN2)O1. The summed E-state index contributed by atoms with van der Waals surface area (Å²) in [6, 6.07) is 6.29. The highest BCUT2D eigenvalue weighted by Gasteiger charge is 2.31. The van der Waals surface area contributed by atoms with Gasteiger partial charge in [-0.15, -0.1) is 0 Å². The van der Waals surface area contributed by atoms with Crippen molar-refractivity contribution in [2.75, 3.05) is 13.1 Å². The number of nitrogens with zero attached hydrogens (tertiary/aromatic N) is 1. The lowest BCUT2D eigenvalue weighted by molar-refractivity contribution is 0.0206. The van der Waals surface area contributed by atoms with Gasteiger partial charge in [-0.25, -0.2) is 0 Å². The van der Waals surface area contributed by atoms with Crippen molar-refractivity contribution in [3.05, 3.63) is 33.8 Å². The second kappa shape index (κ2) is 4.42. The van der Waals surface area contributed by atoms with Gasteiger partial charge in [-0.1, -0.05) is 28.1 Å². The van der Waals surface area contributed by atoms with Crippen LogP contribution in [-0.4, -0.2) is 25.0 Å². The minimum Gasteiger partial charge on any atom is -0.369 e. The number of halogens is 1. The van der Waals surface area contributed by atoms with Crippen LogP contribution < -0.4 is 5.32 Å². The summed E-state index contributed by atoms with van der Waals surface area (Å²) < 4.78 is 7.21. The summed E-state index contributed by atoms with van der Waals surface area (Å²) in [4.78, 5) is 4.49. The molecule has 3 nitrogen and oxygen atoms in total. The first-order chi connectivity index (χ1) is 8.25. The van der Waals surface area contributed by atoms with Crippen LogP contribution >= 0.6 is 15.9 Å². The number of hydrogen-bond donors (Lipinski definition) is 1. The van der Waals surface area contributed by atoms with Gasteiger partial charge in [-0.3, -0.25) is 4.99 Å². The average Bonchev–Trinajstić information content (AvgIpc) is 2.83. The number of benzene rings is 1. The number of fused-ring (bicyclic) bond motifs is 1. The minimum absolute atomic E-state index is 0.0197. The zero-order valence-corrected chi connectivity index (χ0v) is 11.3. The van der Waals surface area contributed by atoms with Gasteiger partial charge in [0.05, 0.1) is 12.6 Å². The molecule has 0 spiro atoms. The van der Waals surface area contributed by atoms with Gasteiger partial charge in [0.2, 0.25) is 0 Å².